The molecule has 1 atom stereocenters. The molecule has 3 aromatic carbocycles. The quantitative estimate of drug-likeness (QED) is 0.664. The summed E-state index contributed by atoms with van der Waals surface area (Å²) in [5.74, 6) is 0.0434. The molecule has 1 aliphatic heterocycles. The summed E-state index contributed by atoms with van der Waals surface area (Å²) in [5.41, 5.74) is 2.71. The zero-order valence-electron chi connectivity index (χ0n) is 16.5. The topological polar surface area (TPSA) is 61.4 Å². The Morgan fingerprint density at radius 1 is 1.03 bits per heavy atom. The smallest absolute Gasteiger partial charge is 0.239 e. The van der Waals surface area contributed by atoms with E-state index in [0.29, 0.717) is 6.42 Å². The van der Waals surface area contributed by atoms with Crippen LogP contribution in [0.3, 0.4) is 0 Å². The molecule has 0 radical (unpaired) electrons. The minimum atomic E-state index is -0.0932. The van der Waals surface area contributed by atoms with Gasteiger partial charge in [0.05, 0.1) is 24.0 Å². The molecule has 29 heavy (non-hydrogen) atoms. The van der Waals surface area contributed by atoms with Crippen LogP contribution in [0.5, 0.6) is 0 Å². The van der Waals surface area contributed by atoms with Gasteiger partial charge in [0, 0.05) is 13.0 Å². The first kappa shape index (κ1) is 19.0. The Labute approximate surface area is 170 Å². The van der Waals surface area contributed by atoms with Gasteiger partial charge in [0.2, 0.25) is 11.8 Å². The second-order valence-corrected chi connectivity index (χ2v) is 7.42. The van der Waals surface area contributed by atoms with Crippen molar-refractivity contribution in [2.75, 3.05) is 23.3 Å². The van der Waals surface area contributed by atoms with Crippen LogP contribution in [0.1, 0.15) is 31.4 Å². The summed E-state index contributed by atoms with van der Waals surface area (Å²) >= 11 is 0. The highest BCUT2D eigenvalue weighted by Crippen LogP contribution is 2.29. The summed E-state index contributed by atoms with van der Waals surface area (Å²) in [6.07, 6.45) is 1.45. The Hall–Kier alpha value is -3.34. The summed E-state index contributed by atoms with van der Waals surface area (Å²) in [6.45, 7) is 2.86. The maximum atomic E-state index is 12.5. The van der Waals surface area contributed by atoms with Crippen LogP contribution in [0.15, 0.2) is 66.7 Å². The summed E-state index contributed by atoms with van der Waals surface area (Å²) in [6, 6.07) is 22.0. The number of hydrogen-bond donors (Lipinski definition) is 2. The largest absolute Gasteiger partial charge is 0.374 e. The average molecular weight is 387 g/mol. The van der Waals surface area contributed by atoms with Crippen molar-refractivity contribution in [3.63, 3.8) is 0 Å². The lowest BCUT2D eigenvalue weighted by Crippen LogP contribution is -2.32. The van der Waals surface area contributed by atoms with Crippen LogP contribution in [0.25, 0.3) is 10.8 Å². The van der Waals surface area contributed by atoms with E-state index in [-0.39, 0.29) is 24.4 Å². The molecule has 2 amide bonds. The molecule has 0 bridgehead atoms. The molecule has 0 aliphatic carbocycles. The first-order chi connectivity index (χ1) is 14.1. The van der Waals surface area contributed by atoms with Crippen molar-refractivity contribution in [2.45, 2.75) is 25.8 Å². The first-order valence-corrected chi connectivity index (χ1v) is 10.0. The lowest BCUT2D eigenvalue weighted by atomic mass is 10.0. The molecule has 0 spiro atoms. The van der Waals surface area contributed by atoms with Crippen molar-refractivity contribution in [3.8, 4) is 0 Å². The van der Waals surface area contributed by atoms with Crippen LogP contribution in [-0.2, 0) is 9.59 Å². The number of hydrogen-bond acceptors (Lipinski definition) is 3. The molecule has 1 heterocycles. The van der Waals surface area contributed by atoms with Gasteiger partial charge in [-0.05, 0) is 47.9 Å². The molecule has 1 unspecified atom stereocenters. The van der Waals surface area contributed by atoms with E-state index in [0.717, 1.165) is 35.3 Å². The van der Waals surface area contributed by atoms with E-state index in [4.69, 9.17) is 0 Å². The number of carbonyl (C=O) groups excluding carboxylic acids is 2. The lowest BCUT2D eigenvalue weighted by Gasteiger charge is -2.21. The first-order valence-electron chi connectivity index (χ1n) is 10.0. The third kappa shape index (κ3) is 4.24. The highest BCUT2D eigenvalue weighted by Gasteiger charge is 2.23. The van der Waals surface area contributed by atoms with Crippen LogP contribution >= 0.6 is 0 Å². The van der Waals surface area contributed by atoms with Crippen LogP contribution in [0.2, 0.25) is 0 Å². The molecular weight excluding hydrogens is 362 g/mol. The standard InChI is InChI=1S/C24H25N3O2/c1-17(19-13-12-18-7-2-3-8-20(18)15-19)26-23(28)16-25-21-9-4-5-10-22(21)27-14-6-11-24(27)29/h2-5,7-10,12-13,15,17,25H,6,11,14,16H2,1H3,(H,26,28). The number of fused-ring (bicyclic) bond motifs is 1. The predicted molar refractivity (Wildman–Crippen MR) is 117 cm³/mol. The van der Waals surface area contributed by atoms with Crippen molar-refractivity contribution >= 4 is 34.0 Å². The van der Waals surface area contributed by atoms with Crippen LogP contribution in [0, 0.1) is 0 Å². The van der Waals surface area contributed by atoms with E-state index in [1.165, 1.54) is 5.39 Å². The molecule has 148 valence electrons. The van der Waals surface area contributed by atoms with Crippen molar-refractivity contribution in [1.82, 2.24) is 5.32 Å². The number of nitrogens with one attached hydrogen (secondary N) is 2. The molecule has 4 rings (SSSR count). The van der Waals surface area contributed by atoms with Crippen molar-refractivity contribution in [1.29, 1.82) is 0 Å². The normalized spacial score (nSPS) is 14.8. The fourth-order valence-electron chi connectivity index (χ4n) is 3.79. The Morgan fingerprint density at radius 3 is 2.59 bits per heavy atom. The lowest BCUT2D eigenvalue weighted by molar-refractivity contribution is -0.120. The summed E-state index contributed by atoms with van der Waals surface area (Å²) in [4.78, 5) is 26.4. The monoisotopic (exact) mass is 387 g/mol. The molecule has 2 N–H and O–H groups in total. The third-order valence-electron chi connectivity index (χ3n) is 5.36. The predicted octanol–water partition coefficient (Wildman–Crippen LogP) is 4.26. The fraction of sp³-hybridized carbons (Fsp3) is 0.250. The van der Waals surface area contributed by atoms with Crippen molar-refractivity contribution in [2.24, 2.45) is 0 Å². The van der Waals surface area contributed by atoms with Gasteiger partial charge in [0.15, 0.2) is 0 Å². The van der Waals surface area contributed by atoms with Crippen LogP contribution in [-0.4, -0.2) is 24.9 Å². The number of anilines is 2. The maximum Gasteiger partial charge on any atom is 0.239 e. The van der Waals surface area contributed by atoms with Gasteiger partial charge < -0.3 is 15.5 Å². The molecule has 1 saturated heterocycles. The number of benzene rings is 3. The van der Waals surface area contributed by atoms with Gasteiger partial charge in [0.25, 0.3) is 0 Å². The zero-order valence-corrected chi connectivity index (χ0v) is 16.5. The molecule has 0 aromatic heterocycles. The van der Waals surface area contributed by atoms with Gasteiger partial charge in [-0.1, -0.05) is 48.5 Å². The number of amides is 2. The van der Waals surface area contributed by atoms with Gasteiger partial charge in [-0.15, -0.1) is 0 Å². The zero-order chi connectivity index (χ0) is 20.2. The van der Waals surface area contributed by atoms with E-state index in [2.05, 4.69) is 41.0 Å². The Bertz CT molecular complexity index is 1050. The van der Waals surface area contributed by atoms with E-state index in [1.54, 1.807) is 4.90 Å². The van der Waals surface area contributed by atoms with Gasteiger partial charge in [-0.25, -0.2) is 0 Å². The van der Waals surface area contributed by atoms with Gasteiger partial charge in [-0.3, -0.25) is 9.59 Å². The Kier molecular flexibility index (Phi) is 5.47. The number of nitrogens with zero attached hydrogens (tertiary/aromatic N) is 1. The number of para-hydroxylation sites is 2. The van der Waals surface area contributed by atoms with Crippen molar-refractivity contribution < 1.29 is 9.59 Å². The summed E-state index contributed by atoms with van der Waals surface area (Å²) in [7, 11) is 0. The van der Waals surface area contributed by atoms with E-state index >= 15 is 0 Å². The van der Waals surface area contributed by atoms with Crippen LogP contribution in [0.4, 0.5) is 11.4 Å². The second-order valence-electron chi connectivity index (χ2n) is 7.42. The van der Waals surface area contributed by atoms with Crippen molar-refractivity contribution in [3.05, 3.63) is 72.3 Å². The maximum absolute atomic E-state index is 12.5. The molecule has 0 saturated carbocycles. The minimum Gasteiger partial charge on any atom is -0.374 e. The van der Waals surface area contributed by atoms with E-state index in [1.807, 2.05) is 43.3 Å². The average Bonchev–Trinajstić information content (AvgIpc) is 3.17. The van der Waals surface area contributed by atoms with E-state index in [9.17, 15) is 9.59 Å². The van der Waals surface area contributed by atoms with Gasteiger partial charge >= 0.3 is 0 Å². The van der Waals surface area contributed by atoms with Gasteiger partial charge in [-0.2, -0.15) is 0 Å². The Morgan fingerprint density at radius 2 is 1.79 bits per heavy atom. The SMILES string of the molecule is CC(NC(=O)CNc1ccccc1N1CCCC1=O)c1ccc2ccccc2c1. The number of rotatable bonds is 6. The minimum absolute atomic E-state index is 0.0896. The Balaban J connectivity index is 1.39. The molecule has 1 fully saturated rings. The third-order valence-corrected chi connectivity index (χ3v) is 5.36. The van der Waals surface area contributed by atoms with E-state index < -0.39 is 0 Å². The van der Waals surface area contributed by atoms with Gasteiger partial charge in [0.1, 0.15) is 0 Å². The second kappa shape index (κ2) is 8.35. The summed E-state index contributed by atoms with van der Waals surface area (Å²) in [5, 5.41) is 8.58. The molecule has 5 nitrogen and oxygen atoms in total. The highest BCUT2D eigenvalue weighted by atomic mass is 16.2. The molecular formula is C24H25N3O2. The number of carbonyl (C=O) groups is 2. The molecule has 3 aromatic rings. The molecule has 1 aliphatic rings. The fourth-order valence-corrected chi connectivity index (χ4v) is 3.79. The van der Waals surface area contributed by atoms with Crippen LogP contribution < -0.4 is 15.5 Å². The summed E-state index contributed by atoms with van der Waals surface area (Å²) < 4.78 is 0. The highest BCUT2D eigenvalue weighted by molar-refractivity contribution is 5.98. The molecule has 5 heteroatoms.